The van der Waals surface area contributed by atoms with Crippen LogP contribution in [0.2, 0.25) is 0 Å². The van der Waals surface area contributed by atoms with E-state index < -0.39 is 16.1 Å². The molecule has 0 N–H and O–H groups in total. The van der Waals surface area contributed by atoms with Gasteiger partial charge in [-0.3, -0.25) is 9.10 Å². The molecule has 0 radical (unpaired) electrons. The Kier molecular flexibility index (Phi) is 6.78. The fourth-order valence-electron chi connectivity index (χ4n) is 4.81. The van der Waals surface area contributed by atoms with Crippen LogP contribution in [0.3, 0.4) is 0 Å². The van der Waals surface area contributed by atoms with Gasteiger partial charge in [0.15, 0.2) is 0 Å². The summed E-state index contributed by atoms with van der Waals surface area (Å²) in [4.78, 5) is 15.5. The van der Waals surface area contributed by atoms with Gasteiger partial charge >= 0.3 is 0 Å². The molecular weight excluding hydrogens is 456 g/mol. The lowest BCUT2D eigenvalue weighted by molar-refractivity contribution is 0.0974. The first-order chi connectivity index (χ1) is 16.5. The summed E-state index contributed by atoms with van der Waals surface area (Å²) in [6, 6.07) is 24.1. The lowest BCUT2D eigenvalue weighted by atomic mass is 9.86. The Morgan fingerprint density at radius 2 is 1.54 bits per heavy atom. The first-order valence-corrected chi connectivity index (χ1v) is 13.8. The van der Waals surface area contributed by atoms with E-state index in [0.29, 0.717) is 17.7 Å². The van der Waals surface area contributed by atoms with Crippen LogP contribution in [0, 0.1) is 0 Å². The van der Waals surface area contributed by atoms with Crippen LogP contribution in [0.25, 0.3) is 0 Å². The predicted molar refractivity (Wildman–Crippen MR) is 144 cm³/mol. The summed E-state index contributed by atoms with van der Waals surface area (Å²) in [5.41, 5.74) is 4.04. The summed E-state index contributed by atoms with van der Waals surface area (Å²) in [5.74, 6) is -0.0778. The molecule has 0 spiro atoms. The van der Waals surface area contributed by atoms with Crippen molar-refractivity contribution in [3.63, 3.8) is 0 Å². The molecule has 0 aliphatic carbocycles. The highest BCUT2D eigenvalue weighted by Crippen LogP contribution is 2.44. The third-order valence-corrected chi connectivity index (χ3v) is 8.53. The number of nitrogens with zero attached hydrogens (tertiary/aromatic N) is 2. The maximum absolute atomic E-state index is 13.7. The van der Waals surface area contributed by atoms with Crippen LogP contribution in [0.15, 0.2) is 78.9 Å². The molecule has 0 saturated carbocycles. The number of amides is 1. The Bertz CT molecular complexity index is 1300. The van der Waals surface area contributed by atoms with Gasteiger partial charge in [0, 0.05) is 17.3 Å². The van der Waals surface area contributed by atoms with Crippen molar-refractivity contribution < 1.29 is 13.2 Å². The Balaban J connectivity index is 1.78. The van der Waals surface area contributed by atoms with Crippen molar-refractivity contribution >= 4 is 27.3 Å². The Labute approximate surface area is 209 Å². The number of hydrogen-bond acceptors (Lipinski definition) is 3. The standard InChI is InChI=1S/C29H34N2O3S/c1-6-35(33,34)31(24-12-8-7-9-13-24)27-20-21(2)30(26-15-11-10-14-25(26)27)28(32)22-16-18-23(19-17-22)29(3,4)5/h7-19,21,27H,6,20H2,1-5H3. The first kappa shape index (κ1) is 25.0. The maximum atomic E-state index is 13.7. The van der Waals surface area contributed by atoms with Crippen molar-refractivity contribution in [1.82, 2.24) is 0 Å². The number of sulfonamides is 1. The summed E-state index contributed by atoms with van der Waals surface area (Å²) in [6.45, 7) is 10.1. The molecule has 1 heterocycles. The number of benzene rings is 3. The van der Waals surface area contributed by atoms with Crippen molar-refractivity contribution in [1.29, 1.82) is 0 Å². The molecule has 6 heteroatoms. The number of rotatable bonds is 5. The van der Waals surface area contributed by atoms with Gasteiger partial charge in [-0.1, -0.05) is 69.3 Å². The van der Waals surface area contributed by atoms with Gasteiger partial charge in [-0.05, 0) is 67.1 Å². The van der Waals surface area contributed by atoms with E-state index in [0.717, 1.165) is 11.3 Å². The summed E-state index contributed by atoms with van der Waals surface area (Å²) < 4.78 is 28.2. The zero-order chi connectivity index (χ0) is 25.4. The van der Waals surface area contributed by atoms with Gasteiger partial charge in [0.05, 0.1) is 17.5 Å². The van der Waals surface area contributed by atoms with E-state index in [1.165, 1.54) is 5.56 Å². The number of anilines is 2. The van der Waals surface area contributed by atoms with E-state index in [9.17, 15) is 13.2 Å². The van der Waals surface area contributed by atoms with E-state index in [2.05, 4.69) is 20.8 Å². The first-order valence-electron chi connectivity index (χ1n) is 12.1. The number of carbonyl (C=O) groups excluding carboxylic acids is 1. The molecule has 1 aliphatic rings. The quantitative estimate of drug-likeness (QED) is 0.420. The van der Waals surface area contributed by atoms with Crippen LogP contribution in [-0.2, 0) is 15.4 Å². The highest BCUT2D eigenvalue weighted by Gasteiger charge is 2.40. The average Bonchev–Trinajstić information content (AvgIpc) is 2.84. The highest BCUT2D eigenvalue weighted by atomic mass is 32.2. The highest BCUT2D eigenvalue weighted by molar-refractivity contribution is 7.92. The third-order valence-electron chi connectivity index (χ3n) is 6.74. The maximum Gasteiger partial charge on any atom is 0.258 e. The summed E-state index contributed by atoms with van der Waals surface area (Å²) in [6.07, 6.45) is 0.497. The van der Waals surface area contributed by atoms with Gasteiger partial charge in [0.1, 0.15) is 0 Å². The molecular formula is C29H34N2O3S. The second kappa shape index (κ2) is 9.50. The molecule has 2 atom stereocenters. The molecule has 0 aromatic heterocycles. The molecule has 35 heavy (non-hydrogen) atoms. The molecule has 1 amide bonds. The van der Waals surface area contributed by atoms with Crippen LogP contribution in [0.4, 0.5) is 11.4 Å². The van der Waals surface area contributed by atoms with Crippen molar-refractivity contribution in [3.05, 3.63) is 95.6 Å². The third kappa shape index (κ3) is 4.85. The normalized spacial score (nSPS) is 18.1. The fourth-order valence-corrected chi connectivity index (χ4v) is 6.12. The summed E-state index contributed by atoms with van der Waals surface area (Å²) in [7, 11) is -3.56. The van der Waals surface area contributed by atoms with Gasteiger partial charge in [-0.25, -0.2) is 8.42 Å². The molecule has 0 fully saturated rings. The van der Waals surface area contributed by atoms with Gasteiger partial charge in [0.25, 0.3) is 5.91 Å². The van der Waals surface area contributed by atoms with E-state index in [-0.39, 0.29) is 23.1 Å². The molecule has 3 aromatic carbocycles. The fraction of sp³-hybridized carbons (Fsp3) is 0.345. The molecule has 4 rings (SSSR count). The number of fused-ring (bicyclic) bond motifs is 1. The van der Waals surface area contributed by atoms with Crippen LogP contribution >= 0.6 is 0 Å². The molecule has 0 saturated heterocycles. The van der Waals surface area contributed by atoms with Crippen LogP contribution < -0.4 is 9.21 Å². The second-order valence-electron chi connectivity index (χ2n) is 10.2. The lowest BCUT2D eigenvalue weighted by Crippen LogP contribution is -2.48. The van der Waals surface area contributed by atoms with Gasteiger partial charge in [-0.15, -0.1) is 0 Å². The smallest absolute Gasteiger partial charge is 0.258 e. The SMILES string of the molecule is CCS(=O)(=O)N(c1ccccc1)C1CC(C)N(C(=O)c2ccc(C(C)(C)C)cc2)c2ccccc21. The van der Waals surface area contributed by atoms with E-state index in [1.807, 2.05) is 90.7 Å². The summed E-state index contributed by atoms with van der Waals surface area (Å²) >= 11 is 0. The Morgan fingerprint density at radius 3 is 2.14 bits per heavy atom. The summed E-state index contributed by atoms with van der Waals surface area (Å²) in [5, 5.41) is 0. The topological polar surface area (TPSA) is 57.7 Å². The minimum absolute atomic E-state index is 0.00227. The average molecular weight is 491 g/mol. The minimum Gasteiger partial charge on any atom is -0.305 e. The van der Waals surface area contributed by atoms with Crippen molar-refractivity contribution in [2.45, 2.75) is 58.5 Å². The number of hydrogen-bond donors (Lipinski definition) is 0. The molecule has 0 bridgehead atoms. The largest absolute Gasteiger partial charge is 0.305 e. The molecule has 3 aromatic rings. The molecule has 2 unspecified atom stereocenters. The van der Waals surface area contributed by atoms with Crippen LogP contribution in [-0.4, -0.2) is 26.1 Å². The number of carbonyl (C=O) groups is 1. The minimum atomic E-state index is -3.56. The second-order valence-corrected chi connectivity index (χ2v) is 12.3. The lowest BCUT2D eigenvalue weighted by Gasteiger charge is -2.43. The zero-order valence-electron chi connectivity index (χ0n) is 21.1. The predicted octanol–water partition coefficient (Wildman–Crippen LogP) is 6.32. The number of para-hydroxylation sites is 2. The van der Waals surface area contributed by atoms with Crippen molar-refractivity contribution in [2.24, 2.45) is 0 Å². The van der Waals surface area contributed by atoms with E-state index in [4.69, 9.17) is 0 Å². The van der Waals surface area contributed by atoms with Gasteiger partial charge < -0.3 is 4.90 Å². The van der Waals surface area contributed by atoms with Crippen LogP contribution in [0.1, 0.15) is 68.6 Å². The molecule has 5 nitrogen and oxygen atoms in total. The van der Waals surface area contributed by atoms with Gasteiger partial charge in [0.2, 0.25) is 10.0 Å². The van der Waals surface area contributed by atoms with Gasteiger partial charge in [-0.2, -0.15) is 0 Å². The zero-order valence-corrected chi connectivity index (χ0v) is 21.9. The van der Waals surface area contributed by atoms with Crippen molar-refractivity contribution in [2.75, 3.05) is 15.0 Å². The Hall–Kier alpha value is -3.12. The molecule has 184 valence electrons. The van der Waals surface area contributed by atoms with Crippen molar-refractivity contribution in [3.8, 4) is 0 Å². The van der Waals surface area contributed by atoms with Crippen LogP contribution in [0.5, 0.6) is 0 Å². The molecule has 1 aliphatic heterocycles. The van der Waals surface area contributed by atoms with E-state index >= 15 is 0 Å². The monoisotopic (exact) mass is 490 g/mol. The Morgan fingerprint density at radius 1 is 0.943 bits per heavy atom. The van der Waals surface area contributed by atoms with E-state index in [1.54, 1.807) is 11.2 Å².